The van der Waals surface area contributed by atoms with Crippen LogP contribution in [0.3, 0.4) is 0 Å². The van der Waals surface area contributed by atoms with Crippen molar-refractivity contribution >= 4 is 23.4 Å². The largest absolute Gasteiger partial charge is 0.492 e. The Morgan fingerprint density at radius 3 is 2.44 bits per heavy atom. The Bertz CT molecular complexity index is 971. The molecular weight excluding hydrogens is 429 g/mol. The summed E-state index contributed by atoms with van der Waals surface area (Å²) in [5.41, 5.74) is 6.18. The zero-order valence-electron chi connectivity index (χ0n) is 18.1. The number of carbonyl (C=O) groups is 1. The molecule has 2 aromatic rings. The summed E-state index contributed by atoms with van der Waals surface area (Å²) < 4.78 is 24.9. The molecule has 1 amide bonds. The number of thioether (sulfide) groups is 1. The number of carbonyl (C=O) groups excluding carboxylic acids is 1. The third-order valence-corrected chi connectivity index (χ3v) is 6.85. The molecule has 170 valence electrons. The summed E-state index contributed by atoms with van der Waals surface area (Å²) in [4.78, 5) is 16.8. The molecule has 0 saturated carbocycles. The Labute approximate surface area is 192 Å². The van der Waals surface area contributed by atoms with Gasteiger partial charge in [-0.25, -0.2) is 4.39 Å². The molecule has 0 radical (unpaired) electrons. The van der Waals surface area contributed by atoms with E-state index in [1.807, 2.05) is 29.2 Å². The van der Waals surface area contributed by atoms with Crippen molar-refractivity contribution in [2.45, 2.75) is 36.7 Å². The summed E-state index contributed by atoms with van der Waals surface area (Å²) in [5, 5.41) is 0.442. The number of likely N-dealkylation sites (tertiary alicyclic amines) is 1. The molecule has 2 atom stereocenters. The number of ether oxygens (including phenoxy) is 2. The van der Waals surface area contributed by atoms with Crippen LogP contribution < -0.4 is 15.2 Å². The summed E-state index contributed by atoms with van der Waals surface area (Å²) >= 11 is 1.25. The van der Waals surface area contributed by atoms with E-state index in [-0.39, 0.29) is 11.7 Å². The molecule has 0 aromatic heterocycles. The van der Waals surface area contributed by atoms with E-state index in [9.17, 15) is 9.18 Å². The first-order chi connectivity index (χ1) is 15.4. The number of nitrogen functional groups attached to an aromatic ring is 1. The number of rotatable bonds is 8. The van der Waals surface area contributed by atoms with E-state index in [4.69, 9.17) is 15.2 Å². The molecular formula is C24H28FN3O3S. The van der Waals surface area contributed by atoms with Crippen molar-refractivity contribution in [2.24, 2.45) is 0 Å². The maximum absolute atomic E-state index is 13.2. The highest BCUT2D eigenvalue weighted by Crippen LogP contribution is 2.33. The Kier molecular flexibility index (Phi) is 6.91. The summed E-state index contributed by atoms with van der Waals surface area (Å²) in [7, 11) is 0. The third kappa shape index (κ3) is 5.37. The van der Waals surface area contributed by atoms with Gasteiger partial charge in [-0.3, -0.25) is 9.69 Å². The molecule has 2 aliphatic rings. The molecule has 6 nitrogen and oxygen atoms in total. The van der Waals surface area contributed by atoms with Gasteiger partial charge in [0, 0.05) is 49.2 Å². The van der Waals surface area contributed by atoms with Crippen LogP contribution in [0, 0.1) is 5.82 Å². The van der Waals surface area contributed by atoms with Gasteiger partial charge in [0.15, 0.2) is 5.09 Å². The first-order valence-electron chi connectivity index (χ1n) is 10.7. The normalized spacial score (nSPS) is 20.2. The number of nitrogens with zero attached hydrogens (tertiary/aromatic N) is 2. The standard InChI is InChI=1S/C24H28FN3O3S/c1-16(29)27-14-19-4-5-20(15-27)28(19)11-12-30-21-6-8-22(9-7-21)31-17(2)32-24-10-3-18(25)13-23(24)26/h3,6-10,13,19-20H,2,4-5,11-12,14-15,26H2,1H3. The van der Waals surface area contributed by atoms with Gasteiger partial charge in [0.1, 0.15) is 23.9 Å². The van der Waals surface area contributed by atoms with Gasteiger partial charge in [-0.15, -0.1) is 0 Å². The lowest BCUT2D eigenvalue weighted by molar-refractivity contribution is -0.132. The van der Waals surface area contributed by atoms with Crippen molar-refractivity contribution in [3.63, 3.8) is 0 Å². The van der Waals surface area contributed by atoms with Crippen molar-refractivity contribution < 1.29 is 18.7 Å². The van der Waals surface area contributed by atoms with Crippen molar-refractivity contribution in [3.8, 4) is 11.5 Å². The fraction of sp³-hybridized carbons (Fsp3) is 0.375. The van der Waals surface area contributed by atoms with E-state index in [2.05, 4.69) is 11.5 Å². The van der Waals surface area contributed by atoms with E-state index in [0.29, 0.717) is 40.1 Å². The van der Waals surface area contributed by atoms with Crippen LogP contribution in [0.15, 0.2) is 59.0 Å². The van der Waals surface area contributed by atoms with Gasteiger partial charge in [0.2, 0.25) is 5.91 Å². The van der Waals surface area contributed by atoms with Crippen molar-refractivity contribution in [1.82, 2.24) is 9.80 Å². The molecule has 2 saturated heterocycles. The molecule has 0 spiro atoms. The van der Waals surface area contributed by atoms with Gasteiger partial charge in [0.25, 0.3) is 0 Å². The van der Waals surface area contributed by atoms with E-state index >= 15 is 0 Å². The topological polar surface area (TPSA) is 68.0 Å². The molecule has 2 unspecified atom stereocenters. The molecule has 4 rings (SSSR count). The number of anilines is 1. The highest BCUT2D eigenvalue weighted by Gasteiger charge is 2.40. The van der Waals surface area contributed by atoms with Gasteiger partial charge >= 0.3 is 0 Å². The van der Waals surface area contributed by atoms with Crippen molar-refractivity contribution in [1.29, 1.82) is 0 Å². The minimum atomic E-state index is -0.375. The smallest absolute Gasteiger partial charge is 0.219 e. The van der Waals surface area contributed by atoms with E-state index in [0.717, 1.165) is 38.2 Å². The SMILES string of the molecule is C=C(Oc1ccc(OCCN2C3CCC2CN(C(C)=O)C3)cc1)Sc1ccc(F)cc1N. The second kappa shape index (κ2) is 9.83. The van der Waals surface area contributed by atoms with Gasteiger partial charge < -0.3 is 20.1 Å². The quantitative estimate of drug-likeness (QED) is 0.365. The molecule has 2 aliphatic heterocycles. The van der Waals surface area contributed by atoms with Crippen LogP contribution in [0.2, 0.25) is 0 Å². The minimum absolute atomic E-state index is 0.169. The molecule has 8 heteroatoms. The lowest BCUT2D eigenvalue weighted by Gasteiger charge is -2.40. The van der Waals surface area contributed by atoms with Crippen molar-refractivity contribution in [2.75, 3.05) is 32.0 Å². The van der Waals surface area contributed by atoms with Crippen LogP contribution in [0.25, 0.3) is 0 Å². The highest BCUT2D eigenvalue weighted by molar-refractivity contribution is 8.03. The van der Waals surface area contributed by atoms with E-state index in [1.165, 1.54) is 23.9 Å². The van der Waals surface area contributed by atoms with E-state index < -0.39 is 0 Å². The number of nitrogens with two attached hydrogens (primary N) is 1. The Morgan fingerprint density at radius 1 is 1.16 bits per heavy atom. The fourth-order valence-electron chi connectivity index (χ4n) is 4.37. The van der Waals surface area contributed by atoms with Gasteiger partial charge in [0.05, 0.1) is 0 Å². The van der Waals surface area contributed by atoms with Crippen LogP contribution in [0.5, 0.6) is 11.5 Å². The van der Waals surface area contributed by atoms with Crippen LogP contribution in [-0.4, -0.2) is 54.0 Å². The molecule has 2 fully saturated rings. The summed E-state index contributed by atoms with van der Waals surface area (Å²) in [6.45, 7) is 8.65. The monoisotopic (exact) mass is 457 g/mol. The maximum atomic E-state index is 13.2. The average molecular weight is 458 g/mol. The number of halogens is 1. The minimum Gasteiger partial charge on any atom is -0.492 e. The molecule has 2 aromatic carbocycles. The Balaban J connectivity index is 1.23. The van der Waals surface area contributed by atoms with Gasteiger partial charge in [-0.05, 0) is 61.9 Å². The molecule has 0 aliphatic carbocycles. The number of hydrogen-bond donors (Lipinski definition) is 1. The molecule has 2 bridgehead atoms. The number of hydrogen-bond acceptors (Lipinski definition) is 6. The Morgan fingerprint density at radius 2 is 1.81 bits per heavy atom. The lowest BCUT2D eigenvalue weighted by Crippen LogP contribution is -2.55. The summed E-state index contributed by atoms with van der Waals surface area (Å²) in [6.07, 6.45) is 2.29. The molecule has 32 heavy (non-hydrogen) atoms. The number of piperazine rings is 1. The first-order valence-corrected chi connectivity index (χ1v) is 11.5. The summed E-state index contributed by atoms with van der Waals surface area (Å²) in [5.74, 6) is 1.20. The first kappa shape index (κ1) is 22.5. The predicted octanol–water partition coefficient (Wildman–Crippen LogP) is 4.12. The highest BCUT2D eigenvalue weighted by atomic mass is 32.2. The number of benzene rings is 2. The number of amides is 1. The van der Waals surface area contributed by atoms with Crippen LogP contribution >= 0.6 is 11.8 Å². The second-order valence-electron chi connectivity index (χ2n) is 8.12. The van der Waals surface area contributed by atoms with Gasteiger partial charge in [-0.1, -0.05) is 11.8 Å². The van der Waals surface area contributed by atoms with E-state index in [1.54, 1.807) is 13.0 Å². The zero-order valence-corrected chi connectivity index (χ0v) is 18.9. The van der Waals surface area contributed by atoms with Gasteiger partial charge in [-0.2, -0.15) is 0 Å². The van der Waals surface area contributed by atoms with Crippen LogP contribution in [0.4, 0.5) is 10.1 Å². The molecule has 2 N–H and O–H groups in total. The number of fused-ring (bicyclic) bond motifs is 2. The Hall–Kier alpha value is -2.71. The van der Waals surface area contributed by atoms with Crippen molar-refractivity contribution in [3.05, 3.63) is 60.0 Å². The average Bonchev–Trinajstić information content (AvgIpc) is 2.98. The lowest BCUT2D eigenvalue weighted by atomic mass is 10.2. The second-order valence-corrected chi connectivity index (χ2v) is 9.22. The third-order valence-electron chi connectivity index (χ3n) is 5.95. The summed E-state index contributed by atoms with van der Waals surface area (Å²) in [6, 6.07) is 12.5. The fourth-order valence-corrected chi connectivity index (χ4v) is 5.07. The zero-order chi connectivity index (χ0) is 22.7. The maximum Gasteiger partial charge on any atom is 0.219 e. The predicted molar refractivity (Wildman–Crippen MR) is 124 cm³/mol. The van der Waals surface area contributed by atoms with Crippen LogP contribution in [0.1, 0.15) is 19.8 Å². The molecule has 2 heterocycles. The van der Waals surface area contributed by atoms with Crippen LogP contribution in [-0.2, 0) is 4.79 Å².